The van der Waals surface area contributed by atoms with E-state index in [4.69, 9.17) is 11.6 Å². The standard InChI is InChI=1S/C14H22ClN3O2/c1-10(19)8-14(2,3)9-16-13(20)18-17-12-7-5-4-6-11(12)15/h4-7,10,17,19H,8-9H2,1-3H3,(H2,16,18,20). The van der Waals surface area contributed by atoms with Gasteiger partial charge in [0.2, 0.25) is 0 Å². The fourth-order valence-corrected chi connectivity index (χ4v) is 2.11. The molecule has 6 heteroatoms. The van der Waals surface area contributed by atoms with Gasteiger partial charge in [0.1, 0.15) is 0 Å². The van der Waals surface area contributed by atoms with E-state index in [1.165, 1.54) is 0 Å². The van der Waals surface area contributed by atoms with E-state index in [2.05, 4.69) is 16.2 Å². The Hall–Kier alpha value is -1.46. The zero-order valence-corrected chi connectivity index (χ0v) is 12.8. The number of amides is 2. The maximum atomic E-state index is 11.7. The molecule has 0 bridgehead atoms. The highest BCUT2D eigenvalue weighted by Gasteiger charge is 2.20. The molecule has 1 aromatic carbocycles. The monoisotopic (exact) mass is 299 g/mol. The lowest BCUT2D eigenvalue weighted by atomic mass is 9.87. The molecule has 0 fully saturated rings. The second-order valence-corrected chi connectivity index (χ2v) is 6.04. The summed E-state index contributed by atoms with van der Waals surface area (Å²) in [6.07, 6.45) is 0.224. The van der Waals surface area contributed by atoms with Crippen molar-refractivity contribution in [3.8, 4) is 0 Å². The fraction of sp³-hybridized carbons (Fsp3) is 0.500. The molecule has 0 saturated carbocycles. The van der Waals surface area contributed by atoms with Gasteiger partial charge in [-0.2, -0.15) is 0 Å². The minimum absolute atomic E-state index is 0.171. The smallest absolute Gasteiger partial charge is 0.333 e. The largest absolute Gasteiger partial charge is 0.393 e. The summed E-state index contributed by atoms with van der Waals surface area (Å²) >= 11 is 5.95. The molecule has 1 atom stereocenters. The SMILES string of the molecule is CC(O)CC(C)(C)CNC(=O)NNc1ccccc1Cl. The number of carbonyl (C=O) groups excluding carboxylic acids is 1. The van der Waals surface area contributed by atoms with E-state index >= 15 is 0 Å². The molecule has 0 radical (unpaired) electrons. The second-order valence-electron chi connectivity index (χ2n) is 5.63. The van der Waals surface area contributed by atoms with Crippen LogP contribution >= 0.6 is 11.6 Å². The Kier molecular flexibility index (Phi) is 6.10. The maximum absolute atomic E-state index is 11.7. The number of para-hydroxylation sites is 1. The molecule has 112 valence electrons. The lowest BCUT2D eigenvalue weighted by Crippen LogP contribution is -2.43. The van der Waals surface area contributed by atoms with E-state index in [0.29, 0.717) is 23.7 Å². The van der Waals surface area contributed by atoms with Crippen molar-refractivity contribution in [3.63, 3.8) is 0 Å². The van der Waals surface area contributed by atoms with Crippen molar-refractivity contribution in [1.82, 2.24) is 10.7 Å². The van der Waals surface area contributed by atoms with Crippen molar-refractivity contribution >= 4 is 23.3 Å². The molecule has 0 aliphatic carbocycles. The molecule has 2 amide bonds. The average Bonchev–Trinajstić information content (AvgIpc) is 2.34. The summed E-state index contributed by atoms with van der Waals surface area (Å²) in [7, 11) is 0. The number of hydrogen-bond acceptors (Lipinski definition) is 3. The lowest BCUT2D eigenvalue weighted by molar-refractivity contribution is 0.129. The van der Waals surface area contributed by atoms with Crippen LogP contribution in [-0.4, -0.2) is 23.8 Å². The quantitative estimate of drug-likeness (QED) is 0.610. The number of halogens is 1. The summed E-state index contributed by atoms with van der Waals surface area (Å²) < 4.78 is 0. The number of benzene rings is 1. The van der Waals surface area contributed by atoms with Gasteiger partial charge < -0.3 is 10.4 Å². The summed E-state index contributed by atoms with van der Waals surface area (Å²) in [5.74, 6) is 0. The topological polar surface area (TPSA) is 73.4 Å². The van der Waals surface area contributed by atoms with Gasteiger partial charge in [0, 0.05) is 6.54 Å². The summed E-state index contributed by atoms with van der Waals surface area (Å²) in [5.41, 5.74) is 5.73. The van der Waals surface area contributed by atoms with Gasteiger partial charge in [-0.1, -0.05) is 37.6 Å². The summed E-state index contributed by atoms with van der Waals surface area (Å²) in [4.78, 5) is 11.7. The Labute approximate surface area is 124 Å². The maximum Gasteiger partial charge on any atom is 0.333 e. The fourth-order valence-electron chi connectivity index (χ4n) is 1.92. The predicted molar refractivity (Wildman–Crippen MR) is 81.7 cm³/mol. The Balaban J connectivity index is 2.36. The second kappa shape index (κ2) is 7.36. The number of hydrazine groups is 1. The van der Waals surface area contributed by atoms with E-state index in [1.807, 2.05) is 26.0 Å². The molecule has 0 aliphatic heterocycles. The third-order valence-electron chi connectivity index (χ3n) is 2.76. The van der Waals surface area contributed by atoms with E-state index in [1.54, 1.807) is 19.1 Å². The zero-order valence-electron chi connectivity index (χ0n) is 12.0. The highest BCUT2D eigenvalue weighted by atomic mass is 35.5. The molecule has 4 N–H and O–H groups in total. The van der Waals surface area contributed by atoms with Crippen molar-refractivity contribution in [2.45, 2.75) is 33.3 Å². The van der Waals surface area contributed by atoms with Gasteiger partial charge in [-0.05, 0) is 30.9 Å². The molecule has 20 heavy (non-hydrogen) atoms. The molecule has 1 rings (SSSR count). The molecule has 0 spiro atoms. The Morgan fingerprint density at radius 1 is 1.40 bits per heavy atom. The molecule has 0 aliphatic rings. The Morgan fingerprint density at radius 3 is 2.65 bits per heavy atom. The van der Waals surface area contributed by atoms with E-state index in [0.717, 1.165) is 0 Å². The first-order chi connectivity index (χ1) is 9.30. The first-order valence-electron chi connectivity index (χ1n) is 6.52. The summed E-state index contributed by atoms with van der Waals surface area (Å²) in [6.45, 7) is 6.18. The predicted octanol–water partition coefficient (Wildman–Crippen LogP) is 2.76. The third kappa shape index (κ3) is 6.12. The number of hydrogen-bond donors (Lipinski definition) is 4. The number of aliphatic hydroxyl groups excluding tert-OH is 1. The number of urea groups is 1. The number of rotatable bonds is 6. The molecule has 0 saturated heterocycles. The van der Waals surface area contributed by atoms with Crippen LogP contribution in [0.3, 0.4) is 0 Å². The van der Waals surface area contributed by atoms with Crippen LogP contribution < -0.4 is 16.2 Å². The van der Waals surface area contributed by atoms with E-state index in [9.17, 15) is 9.90 Å². The minimum atomic E-state index is -0.392. The highest BCUT2D eigenvalue weighted by molar-refractivity contribution is 6.33. The third-order valence-corrected chi connectivity index (χ3v) is 3.09. The zero-order chi connectivity index (χ0) is 15.2. The molecule has 5 nitrogen and oxygen atoms in total. The van der Waals surface area contributed by atoms with Crippen LogP contribution in [-0.2, 0) is 0 Å². The number of carbonyl (C=O) groups is 1. The van der Waals surface area contributed by atoms with Crippen LogP contribution in [0, 0.1) is 5.41 Å². The van der Waals surface area contributed by atoms with Crippen LogP contribution in [0.5, 0.6) is 0 Å². The number of aliphatic hydroxyl groups is 1. The molecular weight excluding hydrogens is 278 g/mol. The van der Waals surface area contributed by atoms with Gasteiger partial charge in [0.25, 0.3) is 0 Å². The molecule has 1 unspecified atom stereocenters. The first-order valence-corrected chi connectivity index (χ1v) is 6.90. The number of nitrogens with one attached hydrogen (secondary N) is 3. The minimum Gasteiger partial charge on any atom is -0.393 e. The van der Waals surface area contributed by atoms with Gasteiger partial charge >= 0.3 is 6.03 Å². The van der Waals surface area contributed by atoms with Crippen LogP contribution in [0.2, 0.25) is 5.02 Å². The van der Waals surface area contributed by atoms with Gasteiger partial charge in [0.05, 0.1) is 16.8 Å². The van der Waals surface area contributed by atoms with Crippen LogP contribution in [0.15, 0.2) is 24.3 Å². The Morgan fingerprint density at radius 2 is 2.05 bits per heavy atom. The average molecular weight is 300 g/mol. The Bertz CT molecular complexity index is 450. The molecule has 1 aromatic rings. The van der Waals surface area contributed by atoms with Gasteiger partial charge in [0.15, 0.2) is 0 Å². The van der Waals surface area contributed by atoms with Crippen LogP contribution in [0.4, 0.5) is 10.5 Å². The number of anilines is 1. The lowest BCUT2D eigenvalue weighted by Gasteiger charge is -2.26. The van der Waals surface area contributed by atoms with Crippen molar-refractivity contribution in [3.05, 3.63) is 29.3 Å². The van der Waals surface area contributed by atoms with Crippen LogP contribution in [0.25, 0.3) is 0 Å². The first kappa shape index (κ1) is 16.6. The van der Waals surface area contributed by atoms with Gasteiger partial charge in [-0.3, -0.25) is 10.9 Å². The van der Waals surface area contributed by atoms with E-state index in [-0.39, 0.29) is 11.4 Å². The molecule has 0 aromatic heterocycles. The van der Waals surface area contributed by atoms with Crippen molar-refractivity contribution in [1.29, 1.82) is 0 Å². The van der Waals surface area contributed by atoms with Crippen molar-refractivity contribution < 1.29 is 9.90 Å². The highest BCUT2D eigenvalue weighted by Crippen LogP contribution is 2.21. The summed E-state index contributed by atoms with van der Waals surface area (Å²) in [6, 6.07) is 6.78. The van der Waals surface area contributed by atoms with E-state index < -0.39 is 6.10 Å². The normalized spacial score (nSPS) is 12.7. The molecule has 0 heterocycles. The van der Waals surface area contributed by atoms with Gasteiger partial charge in [-0.15, -0.1) is 0 Å². The van der Waals surface area contributed by atoms with Crippen molar-refractivity contribution in [2.75, 3.05) is 12.0 Å². The van der Waals surface area contributed by atoms with Gasteiger partial charge in [-0.25, -0.2) is 4.79 Å². The van der Waals surface area contributed by atoms with Crippen molar-refractivity contribution in [2.24, 2.45) is 5.41 Å². The van der Waals surface area contributed by atoms with Crippen LogP contribution in [0.1, 0.15) is 27.2 Å². The summed E-state index contributed by atoms with van der Waals surface area (Å²) in [5, 5.41) is 12.7. The molecular formula is C14H22ClN3O2.